The molecule has 1 rings (SSSR count). The maximum absolute atomic E-state index is 2.45. The van der Waals surface area contributed by atoms with E-state index in [1.807, 2.05) is 0 Å². The van der Waals surface area contributed by atoms with Crippen molar-refractivity contribution >= 4 is 0 Å². The van der Waals surface area contributed by atoms with Gasteiger partial charge in [-0.3, -0.25) is 0 Å². The topological polar surface area (TPSA) is 0 Å². The van der Waals surface area contributed by atoms with Crippen LogP contribution in [-0.4, -0.2) is 0 Å². The summed E-state index contributed by atoms with van der Waals surface area (Å²) in [6, 6.07) is 0. The SMILES string of the molecule is CC1=[C]([Zr]([CH3])[CH3])CC=C1. The molecule has 0 spiro atoms. The second-order valence-electron chi connectivity index (χ2n) is 2.77. The van der Waals surface area contributed by atoms with Crippen molar-refractivity contribution in [2.75, 3.05) is 0 Å². The zero-order valence-electron chi connectivity index (χ0n) is 6.36. The standard InChI is InChI=1S/C6H7.2CH3.Zr/c1-6-4-2-3-5-6;;;/h2,4H,3H2,1H3;2*1H3;. The Labute approximate surface area is 65.3 Å². The molecule has 0 aromatic carbocycles. The van der Waals surface area contributed by atoms with E-state index in [-0.39, 0.29) is 0 Å². The van der Waals surface area contributed by atoms with E-state index in [0.29, 0.717) is 0 Å². The van der Waals surface area contributed by atoms with E-state index >= 15 is 0 Å². The third kappa shape index (κ3) is 1.64. The molecule has 0 nitrogen and oxygen atoms in total. The van der Waals surface area contributed by atoms with Gasteiger partial charge in [0.15, 0.2) is 0 Å². The molecule has 1 aliphatic rings. The molecule has 0 aliphatic heterocycles. The molecule has 0 fully saturated rings. The fourth-order valence-electron chi connectivity index (χ4n) is 1.21. The molecule has 0 saturated heterocycles. The van der Waals surface area contributed by atoms with Gasteiger partial charge >= 0.3 is 65.4 Å². The minimum atomic E-state index is -0.963. The number of hydrogen-bond acceptors (Lipinski definition) is 0. The normalized spacial score (nSPS) is 17.2. The summed E-state index contributed by atoms with van der Waals surface area (Å²) in [6.45, 7) is 2.24. The Morgan fingerprint density at radius 2 is 2.11 bits per heavy atom. The van der Waals surface area contributed by atoms with Gasteiger partial charge in [-0.2, -0.15) is 0 Å². The van der Waals surface area contributed by atoms with Crippen molar-refractivity contribution in [1.82, 2.24) is 0 Å². The van der Waals surface area contributed by atoms with Gasteiger partial charge in [0.05, 0.1) is 0 Å². The molecule has 0 aromatic rings. The van der Waals surface area contributed by atoms with E-state index in [4.69, 9.17) is 0 Å². The van der Waals surface area contributed by atoms with Crippen LogP contribution in [0, 0.1) is 0 Å². The number of rotatable bonds is 1. The van der Waals surface area contributed by atoms with Gasteiger partial charge in [-0.15, -0.1) is 0 Å². The summed E-state index contributed by atoms with van der Waals surface area (Å²) in [6.07, 6.45) is 5.83. The van der Waals surface area contributed by atoms with E-state index < -0.39 is 21.8 Å². The predicted octanol–water partition coefficient (Wildman–Crippen LogP) is 2.93. The molecule has 0 radical (unpaired) electrons. The van der Waals surface area contributed by atoms with Crippen molar-refractivity contribution in [2.24, 2.45) is 0 Å². The number of hydrogen-bond donors (Lipinski definition) is 0. The second-order valence-corrected chi connectivity index (χ2v) is 9.17. The summed E-state index contributed by atoms with van der Waals surface area (Å²) in [7, 11) is 0. The summed E-state index contributed by atoms with van der Waals surface area (Å²) in [5, 5.41) is 0. The quantitative estimate of drug-likeness (QED) is 0.610. The molecule has 0 N–H and O–H groups in total. The summed E-state index contributed by atoms with van der Waals surface area (Å²) in [4.78, 5) is 0. The van der Waals surface area contributed by atoms with Gasteiger partial charge in [0.25, 0.3) is 0 Å². The van der Waals surface area contributed by atoms with Crippen LogP contribution >= 0.6 is 0 Å². The zero-order valence-corrected chi connectivity index (χ0v) is 8.82. The molecule has 1 heteroatoms. The average Bonchev–Trinajstić information content (AvgIpc) is 2.13. The van der Waals surface area contributed by atoms with Crippen LogP contribution in [-0.2, 0) is 21.8 Å². The van der Waals surface area contributed by atoms with Crippen LogP contribution in [0.1, 0.15) is 13.3 Å². The molecule has 49 valence electrons. The van der Waals surface area contributed by atoms with Crippen molar-refractivity contribution in [3.05, 3.63) is 21.0 Å². The molecule has 0 saturated carbocycles. The van der Waals surface area contributed by atoms with E-state index in [2.05, 4.69) is 28.3 Å². The summed E-state index contributed by atoms with van der Waals surface area (Å²) in [5.74, 6) is 0. The van der Waals surface area contributed by atoms with Crippen LogP contribution in [0.3, 0.4) is 0 Å². The first-order chi connectivity index (χ1) is 4.22. The first kappa shape index (κ1) is 7.47. The minimum absolute atomic E-state index is 0.963. The monoisotopic (exact) mass is 199 g/mol. The van der Waals surface area contributed by atoms with Crippen molar-refractivity contribution in [1.29, 1.82) is 0 Å². The van der Waals surface area contributed by atoms with E-state index in [9.17, 15) is 0 Å². The van der Waals surface area contributed by atoms with Gasteiger partial charge < -0.3 is 0 Å². The van der Waals surface area contributed by atoms with Gasteiger partial charge in [0, 0.05) is 0 Å². The van der Waals surface area contributed by atoms with Crippen LogP contribution in [0.2, 0.25) is 9.26 Å². The first-order valence-corrected chi connectivity index (χ1v) is 9.53. The van der Waals surface area contributed by atoms with Crippen molar-refractivity contribution in [2.45, 2.75) is 22.6 Å². The van der Waals surface area contributed by atoms with Crippen LogP contribution in [0.5, 0.6) is 0 Å². The second kappa shape index (κ2) is 2.97. The Morgan fingerprint density at radius 1 is 1.44 bits per heavy atom. The Hall–Kier alpha value is 0.363. The van der Waals surface area contributed by atoms with Crippen molar-refractivity contribution in [3.8, 4) is 0 Å². The van der Waals surface area contributed by atoms with Gasteiger partial charge in [-0.25, -0.2) is 0 Å². The van der Waals surface area contributed by atoms with Gasteiger partial charge in [0.1, 0.15) is 0 Å². The van der Waals surface area contributed by atoms with Crippen molar-refractivity contribution in [3.63, 3.8) is 0 Å². The molecule has 0 aromatic heterocycles. The van der Waals surface area contributed by atoms with E-state index in [1.165, 1.54) is 6.42 Å². The fraction of sp³-hybridized carbons (Fsp3) is 0.500. The van der Waals surface area contributed by atoms with Gasteiger partial charge in [-0.05, 0) is 0 Å². The molecule has 0 atom stereocenters. The van der Waals surface area contributed by atoms with E-state index in [0.717, 1.165) is 0 Å². The average molecular weight is 200 g/mol. The van der Waals surface area contributed by atoms with Crippen LogP contribution in [0.4, 0.5) is 0 Å². The third-order valence-corrected chi connectivity index (χ3v) is 6.21. The van der Waals surface area contributed by atoms with Gasteiger partial charge in [-0.1, -0.05) is 0 Å². The maximum atomic E-state index is 2.45. The predicted molar refractivity (Wildman–Crippen MR) is 38.2 cm³/mol. The summed E-state index contributed by atoms with van der Waals surface area (Å²) >= 11 is -0.963. The van der Waals surface area contributed by atoms with Crippen LogP contribution in [0.15, 0.2) is 21.0 Å². The Morgan fingerprint density at radius 3 is 2.33 bits per heavy atom. The van der Waals surface area contributed by atoms with Gasteiger partial charge in [0.2, 0.25) is 0 Å². The fourth-order valence-corrected chi connectivity index (χ4v) is 4.65. The van der Waals surface area contributed by atoms with Crippen molar-refractivity contribution < 1.29 is 21.8 Å². The molecular formula is C8H13Zr. The third-order valence-electron chi connectivity index (χ3n) is 1.77. The molecule has 0 unspecified atom stereocenters. The Kier molecular flexibility index (Phi) is 2.46. The van der Waals surface area contributed by atoms with Crippen LogP contribution < -0.4 is 0 Å². The summed E-state index contributed by atoms with van der Waals surface area (Å²) < 4.78 is 6.71. The molecule has 0 amide bonds. The van der Waals surface area contributed by atoms with E-state index in [1.54, 1.807) is 8.85 Å². The zero-order chi connectivity index (χ0) is 6.85. The molecule has 1 aliphatic carbocycles. The molecular weight excluding hydrogens is 187 g/mol. The number of allylic oxidation sites excluding steroid dienone is 4. The summed E-state index contributed by atoms with van der Waals surface area (Å²) in [5.41, 5.74) is 1.56. The Bertz CT molecular complexity index is 163. The molecule has 0 heterocycles. The van der Waals surface area contributed by atoms with Crippen LogP contribution in [0.25, 0.3) is 0 Å². The molecule has 0 bridgehead atoms. The molecule has 9 heavy (non-hydrogen) atoms. The Balaban J connectivity index is 2.73. The first-order valence-electron chi connectivity index (χ1n) is 3.38.